The van der Waals surface area contributed by atoms with Crippen molar-refractivity contribution in [2.24, 2.45) is 7.05 Å². The Bertz CT molecular complexity index is 1670. The maximum absolute atomic E-state index is 13.1. The molecule has 3 heterocycles. The van der Waals surface area contributed by atoms with E-state index in [1.54, 1.807) is 0 Å². The minimum atomic E-state index is -4.05. The molecular weight excluding hydrogens is 442 g/mol. The van der Waals surface area contributed by atoms with Crippen LogP contribution in [0.3, 0.4) is 0 Å². The molecule has 5 aromatic rings. The molecule has 0 aliphatic carbocycles. The van der Waals surface area contributed by atoms with E-state index in [1.165, 1.54) is 55.3 Å². The van der Waals surface area contributed by atoms with E-state index in [0.717, 1.165) is 16.6 Å². The van der Waals surface area contributed by atoms with Crippen LogP contribution in [-0.4, -0.2) is 35.0 Å². The number of aromatic amines is 1. The molecule has 0 atom stereocenters. The van der Waals surface area contributed by atoms with Gasteiger partial charge in [0.05, 0.1) is 17.7 Å². The summed E-state index contributed by atoms with van der Waals surface area (Å²) in [6.45, 7) is 0. The van der Waals surface area contributed by atoms with Gasteiger partial charge in [0, 0.05) is 35.7 Å². The van der Waals surface area contributed by atoms with Gasteiger partial charge in [-0.05, 0) is 48.5 Å². The molecule has 0 aliphatic rings. The predicted molar refractivity (Wildman–Crippen MR) is 125 cm³/mol. The summed E-state index contributed by atoms with van der Waals surface area (Å²) < 4.78 is 32.6. The van der Waals surface area contributed by atoms with E-state index in [9.17, 15) is 13.2 Å². The van der Waals surface area contributed by atoms with E-state index >= 15 is 0 Å². The number of aryl methyl sites for hydroxylation is 1. The van der Waals surface area contributed by atoms with Crippen molar-refractivity contribution in [1.82, 2.24) is 19.5 Å². The first kappa shape index (κ1) is 20.7. The van der Waals surface area contributed by atoms with Crippen molar-refractivity contribution in [3.8, 4) is 5.75 Å². The standard InChI is InChI=1S/C23H19N5O4S/c1-28-21-14(12-20(22(28)29)33(30,31)16-8-6-15(32-2)7-9-16)13-25-23(27-21)26-19-5-3-4-18-17(19)10-11-24-18/h3-13,24H,1-2H3,(H,25,26,27). The summed E-state index contributed by atoms with van der Waals surface area (Å²) in [7, 11) is -1.07. The monoisotopic (exact) mass is 461 g/mol. The van der Waals surface area contributed by atoms with Crippen LogP contribution in [0.15, 0.2) is 81.6 Å². The number of pyridine rings is 1. The van der Waals surface area contributed by atoms with Gasteiger partial charge in [-0.3, -0.25) is 9.36 Å². The largest absolute Gasteiger partial charge is 0.497 e. The Kier molecular flexibility index (Phi) is 4.86. The van der Waals surface area contributed by atoms with Gasteiger partial charge in [-0.1, -0.05) is 6.07 Å². The Morgan fingerprint density at radius 2 is 1.88 bits per heavy atom. The fourth-order valence-electron chi connectivity index (χ4n) is 3.67. The molecule has 33 heavy (non-hydrogen) atoms. The normalized spacial score (nSPS) is 11.7. The molecule has 0 aliphatic heterocycles. The van der Waals surface area contributed by atoms with Crippen LogP contribution in [0.5, 0.6) is 5.75 Å². The predicted octanol–water partition coefficient (Wildman–Crippen LogP) is 3.39. The maximum Gasteiger partial charge on any atom is 0.271 e. The second-order valence-corrected chi connectivity index (χ2v) is 9.31. The average Bonchev–Trinajstić information content (AvgIpc) is 3.31. The van der Waals surface area contributed by atoms with E-state index in [0.29, 0.717) is 16.8 Å². The van der Waals surface area contributed by atoms with Crippen LogP contribution in [0.25, 0.3) is 21.9 Å². The lowest BCUT2D eigenvalue weighted by atomic mass is 10.2. The molecule has 0 saturated carbocycles. The smallest absolute Gasteiger partial charge is 0.271 e. The molecule has 0 radical (unpaired) electrons. The fraction of sp³-hybridized carbons (Fsp3) is 0.0870. The number of ether oxygens (including phenoxy) is 1. The molecule has 0 fully saturated rings. The molecule has 5 rings (SSSR count). The summed E-state index contributed by atoms with van der Waals surface area (Å²) in [4.78, 5) is 24.6. The zero-order valence-electron chi connectivity index (χ0n) is 17.7. The number of nitrogens with one attached hydrogen (secondary N) is 2. The lowest BCUT2D eigenvalue weighted by Gasteiger charge is -2.11. The zero-order valence-corrected chi connectivity index (χ0v) is 18.6. The quantitative estimate of drug-likeness (QED) is 0.412. The maximum atomic E-state index is 13.1. The van der Waals surface area contributed by atoms with Crippen LogP contribution >= 0.6 is 0 Å². The molecule has 2 aromatic carbocycles. The molecule has 166 valence electrons. The number of rotatable bonds is 5. The highest BCUT2D eigenvalue weighted by Gasteiger charge is 2.24. The lowest BCUT2D eigenvalue weighted by Crippen LogP contribution is -2.25. The van der Waals surface area contributed by atoms with Crippen molar-refractivity contribution >= 4 is 43.4 Å². The van der Waals surface area contributed by atoms with Crippen molar-refractivity contribution < 1.29 is 13.2 Å². The van der Waals surface area contributed by atoms with Crippen LogP contribution in [0.4, 0.5) is 11.6 Å². The van der Waals surface area contributed by atoms with Crippen molar-refractivity contribution in [2.45, 2.75) is 9.79 Å². The average molecular weight is 462 g/mol. The van der Waals surface area contributed by atoms with Crippen LogP contribution in [0.2, 0.25) is 0 Å². The summed E-state index contributed by atoms with van der Waals surface area (Å²) >= 11 is 0. The molecule has 0 bridgehead atoms. The number of sulfone groups is 1. The number of anilines is 2. The van der Waals surface area contributed by atoms with Crippen molar-refractivity contribution in [3.05, 3.63) is 77.3 Å². The number of benzene rings is 2. The van der Waals surface area contributed by atoms with Gasteiger partial charge in [0.15, 0.2) is 0 Å². The molecule has 10 heteroatoms. The topological polar surface area (TPSA) is 119 Å². The highest BCUT2D eigenvalue weighted by molar-refractivity contribution is 7.91. The van der Waals surface area contributed by atoms with Crippen LogP contribution in [0, 0.1) is 0 Å². The number of H-pyrrole nitrogens is 1. The molecule has 0 unspecified atom stereocenters. The van der Waals surface area contributed by atoms with Gasteiger partial charge in [-0.2, -0.15) is 4.98 Å². The van der Waals surface area contributed by atoms with E-state index in [4.69, 9.17) is 4.74 Å². The van der Waals surface area contributed by atoms with Gasteiger partial charge >= 0.3 is 0 Å². The summed E-state index contributed by atoms with van der Waals surface area (Å²) in [6, 6.07) is 14.9. The number of fused-ring (bicyclic) bond motifs is 2. The van der Waals surface area contributed by atoms with Crippen LogP contribution in [0.1, 0.15) is 0 Å². The number of aromatic nitrogens is 4. The molecule has 0 spiro atoms. The van der Waals surface area contributed by atoms with Gasteiger partial charge in [0.1, 0.15) is 16.3 Å². The van der Waals surface area contributed by atoms with Gasteiger partial charge in [-0.25, -0.2) is 13.4 Å². The zero-order chi connectivity index (χ0) is 23.2. The third-order valence-electron chi connectivity index (χ3n) is 5.42. The molecule has 9 nitrogen and oxygen atoms in total. The van der Waals surface area contributed by atoms with Gasteiger partial charge < -0.3 is 15.0 Å². The van der Waals surface area contributed by atoms with Gasteiger partial charge in [0.25, 0.3) is 5.56 Å². The van der Waals surface area contributed by atoms with Gasteiger partial charge in [0.2, 0.25) is 15.8 Å². The summed E-state index contributed by atoms with van der Waals surface area (Å²) in [6.07, 6.45) is 3.33. The Balaban J connectivity index is 1.58. The van der Waals surface area contributed by atoms with Crippen LogP contribution in [-0.2, 0) is 16.9 Å². The van der Waals surface area contributed by atoms with E-state index in [1.807, 2.05) is 30.5 Å². The Morgan fingerprint density at radius 1 is 1.09 bits per heavy atom. The van der Waals surface area contributed by atoms with E-state index < -0.39 is 15.4 Å². The Labute approximate surface area is 188 Å². The highest BCUT2D eigenvalue weighted by Crippen LogP contribution is 2.26. The van der Waals surface area contributed by atoms with E-state index in [2.05, 4.69) is 20.3 Å². The number of hydrogen-bond acceptors (Lipinski definition) is 7. The Hall–Kier alpha value is -4.18. The van der Waals surface area contributed by atoms with Crippen molar-refractivity contribution in [3.63, 3.8) is 0 Å². The molecule has 2 N–H and O–H groups in total. The minimum Gasteiger partial charge on any atom is -0.497 e. The summed E-state index contributed by atoms with van der Waals surface area (Å²) in [5.41, 5.74) is 1.40. The highest BCUT2D eigenvalue weighted by atomic mass is 32.2. The number of nitrogens with zero attached hydrogens (tertiary/aromatic N) is 3. The van der Waals surface area contributed by atoms with E-state index in [-0.39, 0.29) is 15.7 Å². The first-order valence-corrected chi connectivity index (χ1v) is 11.5. The SMILES string of the molecule is COc1ccc(S(=O)(=O)c2cc3cnc(Nc4cccc5[nH]ccc45)nc3n(C)c2=O)cc1. The molecule has 0 amide bonds. The molecule has 0 saturated heterocycles. The lowest BCUT2D eigenvalue weighted by molar-refractivity contribution is 0.414. The fourth-order valence-corrected chi connectivity index (χ4v) is 5.06. The van der Waals surface area contributed by atoms with Crippen molar-refractivity contribution in [1.29, 1.82) is 0 Å². The van der Waals surface area contributed by atoms with Crippen molar-refractivity contribution in [2.75, 3.05) is 12.4 Å². The first-order valence-electron chi connectivity index (χ1n) is 9.97. The van der Waals surface area contributed by atoms with Crippen LogP contribution < -0.4 is 15.6 Å². The summed E-state index contributed by atoms with van der Waals surface area (Å²) in [5, 5.41) is 4.56. The molecule has 3 aromatic heterocycles. The third-order valence-corrected chi connectivity index (χ3v) is 7.18. The minimum absolute atomic E-state index is 0.00134. The Morgan fingerprint density at radius 3 is 2.64 bits per heavy atom. The number of hydrogen-bond donors (Lipinski definition) is 2. The number of methoxy groups -OCH3 is 1. The second-order valence-electron chi connectivity index (χ2n) is 7.39. The molecular formula is C23H19N5O4S. The summed E-state index contributed by atoms with van der Waals surface area (Å²) in [5.74, 6) is 0.807. The third kappa shape index (κ3) is 3.50. The second kappa shape index (κ2) is 7.75. The first-order chi connectivity index (χ1) is 15.9. The van der Waals surface area contributed by atoms with Gasteiger partial charge in [-0.15, -0.1) is 0 Å².